The molecule has 1 aromatic heterocycles. The minimum atomic E-state index is 0.505. The Morgan fingerprint density at radius 3 is 3.10 bits per heavy atom. The van der Waals surface area contributed by atoms with Gasteiger partial charge in [-0.25, -0.2) is 4.98 Å². The lowest BCUT2D eigenvalue weighted by Gasteiger charge is -2.26. The predicted molar refractivity (Wildman–Crippen MR) is 83.3 cm³/mol. The van der Waals surface area contributed by atoms with E-state index in [1.54, 1.807) is 6.33 Å². The Balaban J connectivity index is 1.72. The Morgan fingerprint density at radius 1 is 1.43 bits per heavy atom. The fourth-order valence-corrected chi connectivity index (χ4v) is 3.02. The summed E-state index contributed by atoms with van der Waals surface area (Å²) in [5.41, 5.74) is 3.95. The fraction of sp³-hybridized carbons (Fsp3) is 0.471. The van der Waals surface area contributed by atoms with Gasteiger partial charge in [-0.05, 0) is 49.1 Å². The van der Waals surface area contributed by atoms with E-state index in [9.17, 15) is 0 Å². The van der Waals surface area contributed by atoms with Crippen LogP contribution in [0, 0.1) is 0 Å². The van der Waals surface area contributed by atoms with Gasteiger partial charge in [-0.1, -0.05) is 13.0 Å². The second kappa shape index (κ2) is 6.31. The second-order valence-corrected chi connectivity index (χ2v) is 5.65. The monoisotopic (exact) mass is 285 g/mol. The van der Waals surface area contributed by atoms with Gasteiger partial charge in [-0.15, -0.1) is 0 Å². The molecule has 0 radical (unpaired) electrons. The Hall–Kier alpha value is -1.81. The number of hydrogen-bond donors (Lipinski definition) is 1. The lowest BCUT2D eigenvalue weighted by atomic mass is 9.87. The zero-order chi connectivity index (χ0) is 14.7. The summed E-state index contributed by atoms with van der Waals surface area (Å²) in [5.74, 6) is 0.951. The third kappa shape index (κ3) is 3.10. The van der Waals surface area contributed by atoms with Crippen LogP contribution in [0.5, 0.6) is 5.75 Å². The Morgan fingerprint density at radius 2 is 2.33 bits per heavy atom. The van der Waals surface area contributed by atoms with Gasteiger partial charge >= 0.3 is 0 Å². The van der Waals surface area contributed by atoms with Crippen LogP contribution >= 0.6 is 0 Å². The van der Waals surface area contributed by atoms with Crippen molar-refractivity contribution in [1.29, 1.82) is 0 Å². The van der Waals surface area contributed by atoms with E-state index >= 15 is 0 Å². The normalized spacial score (nSPS) is 17.5. The summed E-state index contributed by atoms with van der Waals surface area (Å²) in [7, 11) is 1.99. The maximum Gasteiger partial charge on any atom is 0.130 e. The molecule has 3 rings (SSSR count). The molecule has 0 aliphatic heterocycles. The van der Waals surface area contributed by atoms with E-state index in [2.05, 4.69) is 35.4 Å². The van der Waals surface area contributed by atoms with Crippen LogP contribution in [-0.4, -0.2) is 16.1 Å². The number of hydrogen-bond acceptors (Lipinski definition) is 3. The molecular weight excluding hydrogens is 262 g/mol. The van der Waals surface area contributed by atoms with Gasteiger partial charge in [0.05, 0.1) is 18.2 Å². The summed E-state index contributed by atoms with van der Waals surface area (Å²) < 4.78 is 7.90. The molecule has 0 saturated heterocycles. The fourth-order valence-electron chi connectivity index (χ4n) is 3.02. The number of aryl methyl sites for hydroxylation is 2. The molecule has 1 atom stereocenters. The number of imidazole rings is 1. The standard InChI is InChI=1S/C17H23N3O/c1-3-19-17-6-4-5-13-9-15(7-8-16(13)17)21-11-14-10-18-12-20(14)2/h7-10,12,17,19H,3-6,11H2,1-2H3. The molecule has 21 heavy (non-hydrogen) atoms. The maximum atomic E-state index is 5.91. The lowest BCUT2D eigenvalue weighted by molar-refractivity contribution is 0.296. The smallest absolute Gasteiger partial charge is 0.130 e. The Bertz CT molecular complexity index is 606. The molecule has 1 unspecified atom stereocenters. The van der Waals surface area contributed by atoms with Gasteiger partial charge in [0.1, 0.15) is 12.4 Å². The number of ether oxygens (including phenoxy) is 1. The maximum absolute atomic E-state index is 5.91. The topological polar surface area (TPSA) is 39.1 Å². The second-order valence-electron chi connectivity index (χ2n) is 5.65. The van der Waals surface area contributed by atoms with E-state index in [0.717, 1.165) is 24.4 Å². The molecule has 4 heteroatoms. The third-order valence-electron chi connectivity index (χ3n) is 4.18. The third-order valence-corrected chi connectivity index (χ3v) is 4.18. The van der Waals surface area contributed by atoms with Gasteiger partial charge in [0.15, 0.2) is 0 Å². The highest BCUT2D eigenvalue weighted by atomic mass is 16.5. The van der Waals surface area contributed by atoms with E-state index in [1.807, 2.05) is 17.8 Å². The van der Waals surface area contributed by atoms with Crippen molar-refractivity contribution in [2.45, 2.75) is 38.8 Å². The van der Waals surface area contributed by atoms with Gasteiger partial charge in [0.2, 0.25) is 0 Å². The zero-order valence-electron chi connectivity index (χ0n) is 12.8. The number of benzene rings is 1. The highest BCUT2D eigenvalue weighted by molar-refractivity contribution is 5.39. The van der Waals surface area contributed by atoms with Gasteiger partial charge in [0, 0.05) is 13.1 Å². The van der Waals surface area contributed by atoms with Crippen molar-refractivity contribution in [3.05, 3.63) is 47.5 Å². The molecule has 1 aliphatic rings. The molecule has 1 heterocycles. The van der Waals surface area contributed by atoms with E-state index < -0.39 is 0 Å². The quantitative estimate of drug-likeness (QED) is 0.918. The van der Waals surface area contributed by atoms with Crippen LogP contribution in [0.2, 0.25) is 0 Å². The number of fused-ring (bicyclic) bond motifs is 1. The van der Waals surface area contributed by atoms with Crippen LogP contribution in [0.3, 0.4) is 0 Å². The first-order valence-electron chi connectivity index (χ1n) is 7.72. The van der Waals surface area contributed by atoms with Crippen LogP contribution in [0.25, 0.3) is 0 Å². The largest absolute Gasteiger partial charge is 0.487 e. The van der Waals surface area contributed by atoms with Crippen LogP contribution < -0.4 is 10.1 Å². The lowest BCUT2D eigenvalue weighted by Crippen LogP contribution is -2.24. The molecule has 1 aliphatic carbocycles. The van der Waals surface area contributed by atoms with Crippen molar-refractivity contribution in [3.63, 3.8) is 0 Å². The zero-order valence-corrected chi connectivity index (χ0v) is 12.8. The SMILES string of the molecule is CCNC1CCCc2cc(OCc3cncn3C)ccc21. The minimum Gasteiger partial charge on any atom is -0.487 e. The van der Waals surface area contributed by atoms with Gasteiger partial charge in [0.25, 0.3) is 0 Å². The van der Waals surface area contributed by atoms with Crippen molar-refractivity contribution in [2.24, 2.45) is 7.05 Å². The molecule has 0 saturated carbocycles. The number of nitrogens with zero attached hydrogens (tertiary/aromatic N) is 2. The van der Waals surface area contributed by atoms with Crippen molar-refractivity contribution in [2.75, 3.05) is 6.54 Å². The molecule has 1 N–H and O–H groups in total. The highest BCUT2D eigenvalue weighted by Crippen LogP contribution is 2.32. The number of rotatable bonds is 5. The Labute approximate surface area is 126 Å². The van der Waals surface area contributed by atoms with Crippen LogP contribution in [-0.2, 0) is 20.1 Å². The van der Waals surface area contributed by atoms with Gasteiger partial charge < -0.3 is 14.6 Å². The molecule has 112 valence electrons. The van der Waals surface area contributed by atoms with Crippen molar-refractivity contribution >= 4 is 0 Å². The van der Waals surface area contributed by atoms with Crippen LogP contribution in [0.1, 0.15) is 42.6 Å². The van der Waals surface area contributed by atoms with Gasteiger partial charge in [-0.3, -0.25) is 0 Å². The predicted octanol–water partition coefficient (Wildman–Crippen LogP) is 2.99. The molecule has 0 amide bonds. The van der Waals surface area contributed by atoms with Crippen LogP contribution in [0.4, 0.5) is 0 Å². The first-order chi connectivity index (χ1) is 10.3. The molecule has 0 bridgehead atoms. The molecule has 0 spiro atoms. The summed E-state index contributed by atoms with van der Waals surface area (Å²) in [6.45, 7) is 3.74. The summed E-state index contributed by atoms with van der Waals surface area (Å²) in [4.78, 5) is 4.11. The molecule has 0 fully saturated rings. The van der Waals surface area contributed by atoms with E-state index in [-0.39, 0.29) is 0 Å². The van der Waals surface area contributed by atoms with Crippen molar-refractivity contribution < 1.29 is 4.74 Å². The highest BCUT2D eigenvalue weighted by Gasteiger charge is 2.19. The Kier molecular flexibility index (Phi) is 4.25. The van der Waals surface area contributed by atoms with E-state index in [1.165, 1.54) is 24.0 Å². The summed E-state index contributed by atoms with van der Waals surface area (Å²) >= 11 is 0. The molecule has 1 aromatic carbocycles. The van der Waals surface area contributed by atoms with Gasteiger partial charge in [-0.2, -0.15) is 0 Å². The molecule has 2 aromatic rings. The summed E-state index contributed by atoms with van der Waals surface area (Å²) in [6.07, 6.45) is 7.28. The number of aromatic nitrogens is 2. The minimum absolute atomic E-state index is 0.505. The summed E-state index contributed by atoms with van der Waals surface area (Å²) in [6, 6.07) is 7.02. The van der Waals surface area contributed by atoms with Crippen LogP contribution in [0.15, 0.2) is 30.7 Å². The summed E-state index contributed by atoms with van der Waals surface area (Å²) in [5, 5.41) is 3.57. The van der Waals surface area contributed by atoms with E-state index in [0.29, 0.717) is 12.6 Å². The van der Waals surface area contributed by atoms with Crippen molar-refractivity contribution in [3.8, 4) is 5.75 Å². The molecule has 4 nitrogen and oxygen atoms in total. The molecular formula is C17H23N3O. The first kappa shape index (κ1) is 14.1. The average Bonchev–Trinajstić information content (AvgIpc) is 2.91. The first-order valence-corrected chi connectivity index (χ1v) is 7.72. The van der Waals surface area contributed by atoms with E-state index in [4.69, 9.17) is 4.74 Å². The van der Waals surface area contributed by atoms with Crippen molar-refractivity contribution in [1.82, 2.24) is 14.9 Å². The number of nitrogens with one attached hydrogen (secondary N) is 1. The average molecular weight is 285 g/mol.